The van der Waals surface area contributed by atoms with Crippen molar-refractivity contribution in [3.05, 3.63) is 29.8 Å². The molecule has 2 aromatic rings. The summed E-state index contributed by atoms with van der Waals surface area (Å²) >= 11 is 0. The zero-order chi connectivity index (χ0) is 14.8. The maximum absolute atomic E-state index is 13.5. The summed E-state index contributed by atoms with van der Waals surface area (Å²) in [6.07, 6.45) is -0.231. The second-order valence-electron chi connectivity index (χ2n) is 4.91. The average Bonchev–Trinajstić information content (AvgIpc) is 3.00. The molecule has 1 aliphatic heterocycles. The molecule has 0 spiro atoms. The van der Waals surface area contributed by atoms with Gasteiger partial charge in [-0.25, -0.2) is 4.39 Å². The van der Waals surface area contributed by atoms with E-state index in [0.29, 0.717) is 24.5 Å². The minimum Gasteiger partial charge on any atom is -0.396 e. The minimum atomic E-state index is -0.502. The number of aromatic nitrogens is 2. The van der Waals surface area contributed by atoms with Gasteiger partial charge in [-0.15, -0.1) is 0 Å². The van der Waals surface area contributed by atoms with Gasteiger partial charge in [0.2, 0.25) is 5.82 Å². The number of nitrogen functional groups attached to an aromatic ring is 1. The Morgan fingerprint density at radius 3 is 3.14 bits per heavy atom. The van der Waals surface area contributed by atoms with Gasteiger partial charge in [-0.1, -0.05) is 18.1 Å². The maximum Gasteiger partial charge on any atom is 0.260 e. The number of para-hydroxylation sites is 1. The van der Waals surface area contributed by atoms with E-state index in [9.17, 15) is 4.39 Å². The fourth-order valence-corrected chi connectivity index (χ4v) is 2.34. The lowest BCUT2D eigenvalue weighted by atomic mass is 10.1. The van der Waals surface area contributed by atoms with Crippen LogP contribution in [0.25, 0.3) is 11.5 Å². The molecule has 0 aliphatic carbocycles. The van der Waals surface area contributed by atoms with Gasteiger partial charge in [0.1, 0.15) is 11.9 Å². The van der Waals surface area contributed by atoms with E-state index in [2.05, 4.69) is 22.0 Å². The summed E-state index contributed by atoms with van der Waals surface area (Å²) in [7, 11) is 0. The monoisotopic (exact) mass is 292 g/mol. The molecule has 0 bridgehead atoms. The molecule has 2 heterocycles. The van der Waals surface area contributed by atoms with Crippen molar-refractivity contribution in [1.82, 2.24) is 15.0 Å². The van der Waals surface area contributed by atoms with Gasteiger partial charge in [0.05, 0.1) is 17.9 Å². The van der Waals surface area contributed by atoms with Gasteiger partial charge in [-0.3, -0.25) is 4.90 Å². The largest absolute Gasteiger partial charge is 0.396 e. The van der Waals surface area contributed by atoms with Crippen LogP contribution < -0.4 is 5.73 Å². The highest BCUT2D eigenvalue weighted by molar-refractivity contribution is 5.70. The van der Waals surface area contributed by atoms with E-state index in [1.165, 1.54) is 6.07 Å². The zero-order valence-corrected chi connectivity index (χ0v) is 11.8. The molecule has 1 saturated heterocycles. The van der Waals surface area contributed by atoms with Gasteiger partial charge >= 0.3 is 0 Å². The minimum absolute atomic E-state index is 0.00690. The second-order valence-corrected chi connectivity index (χ2v) is 4.91. The third kappa shape index (κ3) is 2.74. The van der Waals surface area contributed by atoms with Crippen LogP contribution in [0.5, 0.6) is 0 Å². The zero-order valence-electron chi connectivity index (χ0n) is 11.8. The smallest absolute Gasteiger partial charge is 0.260 e. The van der Waals surface area contributed by atoms with E-state index in [1.807, 2.05) is 0 Å². The predicted octanol–water partition coefficient (Wildman–Crippen LogP) is 1.85. The first-order valence-corrected chi connectivity index (χ1v) is 6.91. The Kier molecular flexibility index (Phi) is 3.85. The standard InChI is InChI=1S/C14H17FN4O2/c1-2-19-6-7-20-11(8-19)13-17-14(21-18-13)9-4-3-5-10(15)12(9)16/h3-5,11H,2,6-8,16H2,1H3. The normalized spacial score (nSPS) is 19.8. The van der Waals surface area contributed by atoms with Crippen molar-refractivity contribution in [2.45, 2.75) is 13.0 Å². The highest BCUT2D eigenvalue weighted by Gasteiger charge is 2.26. The van der Waals surface area contributed by atoms with Crippen molar-refractivity contribution >= 4 is 5.69 Å². The highest BCUT2D eigenvalue weighted by atomic mass is 19.1. The SMILES string of the molecule is CCN1CCOC(c2noc(-c3cccc(F)c3N)n2)C1. The number of likely N-dealkylation sites (N-methyl/N-ethyl adjacent to an activating group) is 1. The molecule has 1 aromatic carbocycles. The summed E-state index contributed by atoms with van der Waals surface area (Å²) in [5.74, 6) is 0.171. The fourth-order valence-electron chi connectivity index (χ4n) is 2.34. The highest BCUT2D eigenvalue weighted by Crippen LogP contribution is 2.28. The number of halogens is 1. The molecule has 21 heavy (non-hydrogen) atoms. The van der Waals surface area contributed by atoms with Crippen LogP contribution in [-0.2, 0) is 4.74 Å². The van der Waals surface area contributed by atoms with Gasteiger partial charge in [0.25, 0.3) is 5.89 Å². The molecule has 1 aromatic heterocycles. The second kappa shape index (κ2) is 5.79. The lowest BCUT2D eigenvalue weighted by Gasteiger charge is -2.30. The van der Waals surface area contributed by atoms with Crippen molar-refractivity contribution in [3.63, 3.8) is 0 Å². The molecule has 0 amide bonds. The Morgan fingerprint density at radius 1 is 1.48 bits per heavy atom. The van der Waals surface area contributed by atoms with Crippen molar-refractivity contribution in [2.75, 3.05) is 32.0 Å². The van der Waals surface area contributed by atoms with E-state index < -0.39 is 5.82 Å². The van der Waals surface area contributed by atoms with Crippen molar-refractivity contribution in [1.29, 1.82) is 0 Å². The van der Waals surface area contributed by atoms with E-state index in [4.69, 9.17) is 15.0 Å². The van der Waals surface area contributed by atoms with Crippen molar-refractivity contribution in [3.8, 4) is 11.5 Å². The molecule has 3 rings (SSSR count). The number of nitrogens with zero attached hydrogens (tertiary/aromatic N) is 3. The molecule has 1 aliphatic rings. The number of ether oxygens (including phenoxy) is 1. The van der Waals surface area contributed by atoms with Crippen molar-refractivity contribution < 1.29 is 13.7 Å². The Morgan fingerprint density at radius 2 is 2.33 bits per heavy atom. The molecular formula is C14H17FN4O2. The molecular weight excluding hydrogens is 275 g/mol. The van der Waals surface area contributed by atoms with E-state index in [-0.39, 0.29) is 17.7 Å². The third-order valence-corrected chi connectivity index (χ3v) is 3.61. The summed E-state index contributed by atoms with van der Waals surface area (Å²) in [6, 6.07) is 4.50. The molecule has 0 saturated carbocycles. The lowest BCUT2D eigenvalue weighted by molar-refractivity contribution is -0.0334. The van der Waals surface area contributed by atoms with Crippen LogP contribution in [0, 0.1) is 5.82 Å². The first-order valence-electron chi connectivity index (χ1n) is 6.91. The number of morpholine rings is 1. The Labute approximate surface area is 121 Å². The number of hydrogen-bond acceptors (Lipinski definition) is 6. The van der Waals surface area contributed by atoms with Crippen LogP contribution in [0.3, 0.4) is 0 Å². The number of rotatable bonds is 3. The van der Waals surface area contributed by atoms with Gasteiger partial charge < -0.3 is 15.0 Å². The van der Waals surface area contributed by atoms with E-state index in [1.54, 1.807) is 12.1 Å². The first kappa shape index (κ1) is 14.0. The summed E-state index contributed by atoms with van der Waals surface area (Å²) in [5, 5.41) is 3.94. The quantitative estimate of drug-likeness (QED) is 0.870. The van der Waals surface area contributed by atoms with E-state index in [0.717, 1.165) is 13.1 Å². The van der Waals surface area contributed by atoms with Crippen molar-refractivity contribution in [2.24, 2.45) is 0 Å². The fraction of sp³-hybridized carbons (Fsp3) is 0.429. The van der Waals surface area contributed by atoms with Gasteiger partial charge in [0, 0.05) is 13.1 Å². The summed E-state index contributed by atoms with van der Waals surface area (Å²) in [4.78, 5) is 6.55. The molecule has 1 unspecified atom stereocenters. The molecule has 1 fully saturated rings. The molecule has 7 heteroatoms. The molecule has 2 N–H and O–H groups in total. The number of nitrogens with two attached hydrogens (primary N) is 1. The van der Waals surface area contributed by atoms with Crippen LogP contribution in [0.2, 0.25) is 0 Å². The van der Waals surface area contributed by atoms with Gasteiger partial charge in [0.15, 0.2) is 0 Å². The van der Waals surface area contributed by atoms with Crippen LogP contribution in [-0.4, -0.2) is 41.3 Å². The molecule has 1 atom stereocenters. The lowest BCUT2D eigenvalue weighted by Crippen LogP contribution is -2.38. The topological polar surface area (TPSA) is 77.4 Å². The number of benzene rings is 1. The van der Waals surface area contributed by atoms with Gasteiger partial charge in [-0.05, 0) is 18.7 Å². The van der Waals surface area contributed by atoms with Crippen LogP contribution in [0.4, 0.5) is 10.1 Å². The van der Waals surface area contributed by atoms with Gasteiger partial charge in [-0.2, -0.15) is 4.98 Å². The summed E-state index contributed by atoms with van der Waals surface area (Å²) in [5.41, 5.74) is 6.11. The van der Waals surface area contributed by atoms with Crippen LogP contribution in [0.15, 0.2) is 22.7 Å². The maximum atomic E-state index is 13.5. The Bertz CT molecular complexity index is 631. The molecule has 0 radical (unpaired) electrons. The molecule has 112 valence electrons. The van der Waals surface area contributed by atoms with Crippen LogP contribution in [0.1, 0.15) is 18.9 Å². The third-order valence-electron chi connectivity index (χ3n) is 3.61. The number of hydrogen-bond donors (Lipinski definition) is 1. The Hall–Kier alpha value is -1.99. The molecule has 6 nitrogen and oxygen atoms in total. The first-order chi connectivity index (χ1) is 10.2. The van der Waals surface area contributed by atoms with E-state index >= 15 is 0 Å². The number of anilines is 1. The average molecular weight is 292 g/mol. The predicted molar refractivity (Wildman–Crippen MR) is 74.9 cm³/mol. The Balaban J connectivity index is 1.85. The summed E-state index contributed by atoms with van der Waals surface area (Å²) < 4.78 is 24.3. The van der Waals surface area contributed by atoms with Crippen LogP contribution >= 0.6 is 0 Å². The summed E-state index contributed by atoms with van der Waals surface area (Å²) in [6.45, 7) is 5.28.